The summed E-state index contributed by atoms with van der Waals surface area (Å²) in [5.74, 6) is 0.645. The molecule has 1 aliphatic heterocycles. The van der Waals surface area contributed by atoms with Crippen molar-refractivity contribution in [3.63, 3.8) is 0 Å². The Balaban J connectivity index is 2.18. The lowest BCUT2D eigenvalue weighted by Crippen LogP contribution is -2.23. The fraction of sp³-hybridized carbons (Fsp3) is 1.00. The molecule has 1 fully saturated rings. The van der Waals surface area contributed by atoms with Gasteiger partial charge in [0.15, 0.2) is 0 Å². The summed E-state index contributed by atoms with van der Waals surface area (Å²) in [7, 11) is 1.71. The Labute approximate surface area is 68.2 Å². The second kappa shape index (κ2) is 4.04. The Morgan fingerprint density at radius 3 is 2.73 bits per heavy atom. The first-order valence-corrected chi connectivity index (χ1v) is 4.14. The van der Waals surface area contributed by atoms with Crippen LogP contribution in [0.25, 0.3) is 0 Å². The van der Waals surface area contributed by atoms with Crippen LogP contribution < -0.4 is 0 Å². The molecule has 3 heteroatoms. The smallest absolute Gasteiger partial charge is 0.0803 e. The van der Waals surface area contributed by atoms with Crippen LogP contribution in [0.2, 0.25) is 0 Å². The molecule has 1 saturated heterocycles. The van der Waals surface area contributed by atoms with Crippen molar-refractivity contribution in [2.75, 3.05) is 26.8 Å². The van der Waals surface area contributed by atoms with E-state index in [9.17, 15) is 0 Å². The maximum atomic E-state index is 5.53. The molecule has 0 spiro atoms. The molecule has 2 atom stereocenters. The van der Waals surface area contributed by atoms with Gasteiger partial charge >= 0.3 is 0 Å². The molecule has 3 nitrogen and oxygen atoms in total. The quantitative estimate of drug-likeness (QED) is 0.611. The summed E-state index contributed by atoms with van der Waals surface area (Å²) < 4.78 is 4.95. The molecule has 0 aromatic heterocycles. The van der Waals surface area contributed by atoms with E-state index in [1.807, 2.05) is 5.06 Å². The fourth-order valence-corrected chi connectivity index (χ4v) is 1.19. The molecule has 0 saturated carbocycles. The lowest BCUT2D eigenvalue weighted by atomic mass is 10.1. The van der Waals surface area contributed by atoms with Gasteiger partial charge in [-0.3, -0.25) is 4.84 Å². The summed E-state index contributed by atoms with van der Waals surface area (Å²) >= 11 is 0. The van der Waals surface area contributed by atoms with E-state index < -0.39 is 0 Å². The lowest BCUT2D eigenvalue weighted by Gasteiger charge is -2.13. The van der Waals surface area contributed by atoms with E-state index in [1.165, 1.54) is 0 Å². The SMILES string of the molecule is COCCN1C[C@@H](C)[C@H](C)O1. The van der Waals surface area contributed by atoms with Gasteiger partial charge < -0.3 is 4.74 Å². The minimum atomic E-state index is 0.367. The van der Waals surface area contributed by atoms with Crippen LogP contribution in [-0.2, 0) is 9.57 Å². The van der Waals surface area contributed by atoms with Crippen LogP contribution in [0.4, 0.5) is 0 Å². The zero-order chi connectivity index (χ0) is 8.27. The summed E-state index contributed by atoms with van der Waals surface area (Å²) in [6, 6.07) is 0. The number of hydrogen-bond acceptors (Lipinski definition) is 3. The summed E-state index contributed by atoms with van der Waals surface area (Å²) in [4.78, 5) is 5.53. The summed E-state index contributed by atoms with van der Waals surface area (Å²) in [6.07, 6.45) is 0.367. The van der Waals surface area contributed by atoms with Crippen LogP contribution in [0, 0.1) is 5.92 Å². The Kier molecular flexibility index (Phi) is 3.30. The molecule has 0 unspecified atom stereocenters. The molecule has 0 N–H and O–H groups in total. The molecular weight excluding hydrogens is 142 g/mol. The number of ether oxygens (including phenoxy) is 1. The van der Waals surface area contributed by atoms with Crippen LogP contribution in [0.15, 0.2) is 0 Å². The van der Waals surface area contributed by atoms with E-state index in [4.69, 9.17) is 9.57 Å². The van der Waals surface area contributed by atoms with Crippen molar-refractivity contribution in [1.82, 2.24) is 5.06 Å². The van der Waals surface area contributed by atoms with Gasteiger partial charge in [-0.1, -0.05) is 6.92 Å². The molecule has 66 valence electrons. The Morgan fingerprint density at radius 1 is 1.55 bits per heavy atom. The predicted octanol–water partition coefficient (Wildman–Crippen LogP) is 0.905. The number of nitrogens with zero attached hydrogens (tertiary/aromatic N) is 1. The van der Waals surface area contributed by atoms with Crippen molar-refractivity contribution in [3.05, 3.63) is 0 Å². The molecule has 0 aromatic carbocycles. The molecule has 0 aromatic rings. The molecule has 0 aliphatic carbocycles. The zero-order valence-corrected chi connectivity index (χ0v) is 7.54. The topological polar surface area (TPSA) is 21.7 Å². The molecule has 0 radical (unpaired) electrons. The monoisotopic (exact) mass is 159 g/mol. The molecule has 11 heavy (non-hydrogen) atoms. The van der Waals surface area contributed by atoms with E-state index in [-0.39, 0.29) is 0 Å². The van der Waals surface area contributed by atoms with Gasteiger partial charge in [-0.25, -0.2) is 0 Å². The minimum absolute atomic E-state index is 0.367. The van der Waals surface area contributed by atoms with Crippen LogP contribution in [0.3, 0.4) is 0 Å². The second-order valence-electron chi connectivity index (χ2n) is 3.17. The number of hydroxylamine groups is 2. The van der Waals surface area contributed by atoms with Gasteiger partial charge in [0, 0.05) is 20.2 Å². The molecule has 1 rings (SSSR count). The lowest BCUT2D eigenvalue weighted by molar-refractivity contribution is -0.147. The fourth-order valence-electron chi connectivity index (χ4n) is 1.19. The van der Waals surface area contributed by atoms with E-state index in [0.29, 0.717) is 12.0 Å². The highest BCUT2D eigenvalue weighted by atomic mass is 16.7. The molecular formula is C8H17NO2. The van der Waals surface area contributed by atoms with Crippen LogP contribution in [0.1, 0.15) is 13.8 Å². The van der Waals surface area contributed by atoms with E-state index in [0.717, 1.165) is 19.7 Å². The molecule has 0 amide bonds. The van der Waals surface area contributed by atoms with Crippen LogP contribution in [-0.4, -0.2) is 38.0 Å². The van der Waals surface area contributed by atoms with E-state index in [2.05, 4.69) is 13.8 Å². The van der Waals surface area contributed by atoms with Gasteiger partial charge in [0.2, 0.25) is 0 Å². The zero-order valence-electron chi connectivity index (χ0n) is 7.54. The van der Waals surface area contributed by atoms with Gasteiger partial charge in [-0.2, -0.15) is 5.06 Å². The Bertz CT molecular complexity index is 109. The third-order valence-electron chi connectivity index (χ3n) is 2.15. The van der Waals surface area contributed by atoms with Crippen molar-refractivity contribution in [2.24, 2.45) is 5.92 Å². The Hall–Kier alpha value is -0.120. The molecule has 0 bridgehead atoms. The molecule has 1 aliphatic rings. The van der Waals surface area contributed by atoms with Gasteiger partial charge in [0.25, 0.3) is 0 Å². The summed E-state index contributed by atoms with van der Waals surface area (Å²) in [6.45, 7) is 6.98. The van der Waals surface area contributed by atoms with Gasteiger partial charge in [0.1, 0.15) is 0 Å². The highest BCUT2D eigenvalue weighted by Gasteiger charge is 2.26. The van der Waals surface area contributed by atoms with Crippen molar-refractivity contribution in [2.45, 2.75) is 20.0 Å². The molecule has 1 heterocycles. The average molecular weight is 159 g/mol. The third-order valence-corrected chi connectivity index (χ3v) is 2.15. The summed E-state index contributed by atoms with van der Waals surface area (Å²) in [5.41, 5.74) is 0. The van der Waals surface area contributed by atoms with Gasteiger partial charge in [-0.15, -0.1) is 0 Å². The summed E-state index contributed by atoms with van der Waals surface area (Å²) in [5, 5.41) is 1.98. The second-order valence-corrected chi connectivity index (χ2v) is 3.17. The maximum absolute atomic E-state index is 5.53. The first-order valence-electron chi connectivity index (χ1n) is 4.14. The standard InChI is InChI=1S/C8H17NO2/c1-7-6-9(4-5-10-3)11-8(7)2/h7-8H,4-6H2,1-3H3/t7-,8+/m1/s1. The van der Waals surface area contributed by atoms with Crippen LogP contribution in [0.5, 0.6) is 0 Å². The van der Waals surface area contributed by atoms with Crippen molar-refractivity contribution < 1.29 is 9.57 Å². The number of methoxy groups -OCH3 is 1. The van der Waals surface area contributed by atoms with E-state index >= 15 is 0 Å². The largest absolute Gasteiger partial charge is 0.383 e. The highest BCUT2D eigenvalue weighted by Crippen LogP contribution is 2.18. The number of hydrogen-bond donors (Lipinski definition) is 0. The first kappa shape index (κ1) is 8.97. The van der Waals surface area contributed by atoms with Crippen molar-refractivity contribution in [1.29, 1.82) is 0 Å². The van der Waals surface area contributed by atoms with Crippen LogP contribution >= 0.6 is 0 Å². The third kappa shape index (κ3) is 2.43. The normalized spacial score (nSPS) is 33.0. The highest BCUT2D eigenvalue weighted by molar-refractivity contribution is 4.69. The average Bonchev–Trinajstić information content (AvgIpc) is 2.28. The first-order chi connectivity index (χ1) is 5.24. The van der Waals surface area contributed by atoms with Crippen molar-refractivity contribution >= 4 is 0 Å². The van der Waals surface area contributed by atoms with Gasteiger partial charge in [-0.05, 0) is 12.8 Å². The number of rotatable bonds is 3. The van der Waals surface area contributed by atoms with E-state index in [1.54, 1.807) is 7.11 Å². The maximum Gasteiger partial charge on any atom is 0.0803 e. The Morgan fingerprint density at radius 2 is 2.27 bits per heavy atom. The van der Waals surface area contributed by atoms with Gasteiger partial charge in [0.05, 0.1) is 12.7 Å². The van der Waals surface area contributed by atoms with Crippen molar-refractivity contribution in [3.8, 4) is 0 Å². The predicted molar refractivity (Wildman–Crippen MR) is 43.2 cm³/mol. The minimum Gasteiger partial charge on any atom is -0.383 e.